The number of carbonyl (C=O) groups is 5. The van der Waals surface area contributed by atoms with Gasteiger partial charge in [-0.2, -0.15) is 5.26 Å². The van der Waals surface area contributed by atoms with Gasteiger partial charge in [0.1, 0.15) is 47.3 Å². The van der Waals surface area contributed by atoms with Crippen LogP contribution in [0.1, 0.15) is 148 Å². The van der Waals surface area contributed by atoms with Gasteiger partial charge in [0.05, 0.1) is 54.7 Å². The van der Waals surface area contributed by atoms with Crippen molar-refractivity contribution in [1.29, 1.82) is 5.26 Å². The number of carboxylic acid groups (broad SMARTS) is 5. The van der Waals surface area contributed by atoms with Gasteiger partial charge >= 0.3 is 29.8 Å². The summed E-state index contributed by atoms with van der Waals surface area (Å²) < 4.78 is 26.2. The molecule has 0 aliphatic heterocycles. The molecule has 6 N–H and O–H groups in total. The van der Waals surface area contributed by atoms with Crippen LogP contribution in [0, 0.1) is 30.7 Å². The third-order valence-corrected chi connectivity index (χ3v) is 10.9. The highest BCUT2D eigenvalue weighted by Gasteiger charge is 2.18. The Bertz CT molecular complexity index is 2710. The second kappa shape index (κ2) is 36.5. The lowest BCUT2D eigenvalue weighted by Crippen LogP contribution is -2.11. The molecule has 0 amide bonds. The monoisotopic (exact) mass is 1060 g/mol. The summed E-state index contributed by atoms with van der Waals surface area (Å²) in [6, 6.07) is 28.5. The minimum absolute atomic E-state index is 0.0148. The first-order valence-corrected chi connectivity index (χ1v) is 24.6. The van der Waals surface area contributed by atoms with E-state index in [9.17, 15) is 29.1 Å². The topological polar surface area (TPSA) is 281 Å². The molecule has 0 aliphatic carbocycles. The molecule has 5 rings (SSSR count). The minimum Gasteiger partial charge on any atom is -0.507 e. The number of phenols is 1. The number of methoxy groups -OCH3 is 2. The van der Waals surface area contributed by atoms with Crippen LogP contribution in [-0.4, -0.2) is 108 Å². The van der Waals surface area contributed by atoms with E-state index >= 15 is 0 Å². The van der Waals surface area contributed by atoms with Crippen molar-refractivity contribution in [3.8, 4) is 29.1 Å². The van der Waals surface area contributed by atoms with Crippen molar-refractivity contribution in [1.82, 2.24) is 0 Å². The molecule has 0 bridgehead atoms. The summed E-state index contributed by atoms with van der Waals surface area (Å²) >= 11 is 0. The lowest BCUT2D eigenvalue weighted by Gasteiger charge is -2.19. The molecule has 1 unspecified atom stereocenters. The Hall–Kier alpha value is -8.45. The molecular weight excluding hydrogens is 993 g/mol. The van der Waals surface area contributed by atoms with Gasteiger partial charge < -0.3 is 54.3 Å². The number of hydrogen-bond donors (Lipinski definition) is 6. The fourth-order valence-corrected chi connectivity index (χ4v) is 6.58. The van der Waals surface area contributed by atoms with Gasteiger partial charge in [-0.05, 0) is 84.3 Å². The Kier molecular flexibility index (Phi) is 31.5. The molecule has 0 aromatic heterocycles. The maximum absolute atomic E-state index is 11.1. The van der Waals surface area contributed by atoms with Crippen molar-refractivity contribution in [2.75, 3.05) is 47.3 Å². The van der Waals surface area contributed by atoms with Crippen LogP contribution in [0.25, 0.3) is 4.85 Å². The highest BCUT2D eigenvalue weighted by molar-refractivity contribution is 5.92. The first kappa shape index (κ1) is 66.6. The third-order valence-electron chi connectivity index (χ3n) is 10.9. The molecule has 0 fully saturated rings. The maximum Gasteiger partial charge on any atom is 0.339 e. The molecule has 414 valence electrons. The van der Waals surface area contributed by atoms with E-state index in [0.29, 0.717) is 61.8 Å². The van der Waals surface area contributed by atoms with E-state index in [2.05, 4.69) is 18.7 Å². The quantitative estimate of drug-likeness (QED) is 0.0262. The second-order valence-electron chi connectivity index (χ2n) is 18.1. The van der Waals surface area contributed by atoms with Gasteiger partial charge in [0.2, 0.25) is 0 Å². The van der Waals surface area contributed by atoms with E-state index in [4.69, 9.17) is 61.1 Å². The molecule has 18 heteroatoms. The summed E-state index contributed by atoms with van der Waals surface area (Å²) in [5.74, 6) is -3.48. The summed E-state index contributed by atoms with van der Waals surface area (Å²) in [6.07, 6.45) is 8.95. The lowest BCUT2D eigenvalue weighted by atomic mass is 9.86. The number of nitrogens with zero attached hydrogens (tertiary/aromatic N) is 2. The van der Waals surface area contributed by atoms with E-state index in [1.807, 2.05) is 26.8 Å². The molecule has 77 heavy (non-hydrogen) atoms. The summed E-state index contributed by atoms with van der Waals surface area (Å²) in [7, 11) is 3.13. The number of benzene rings is 5. The fourth-order valence-electron chi connectivity index (χ4n) is 6.58. The van der Waals surface area contributed by atoms with Crippen LogP contribution in [-0.2, 0) is 14.9 Å². The van der Waals surface area contributed by atoms with Crippen LogP contribution in [0.15, 0.2) is 103 Å². The third kappa shape index (κ3) is 26.6. The standard InChI is InChI=1S/C18H28O3.C13H18O6.C11H14O3.C9H4N2O2.C8H8O2/c1-3-4-5-6-7-8-11-15(2)14-21-17-13-10-9-12-16(17)18(19)20;1-16-3-5-18-11-7-10(13(14)15)8-12(9-11)19-6-4-17-2;1-11(2,3)7-4-5-8(10(13)14)9(12)6-7;1-11-7-2-3-8(9(12)13)6(4-7)5-10;1-6-4-2-3-5-7(6)8(9)10/h9-10,12-13,15H,3-8,11,14H2,1-2H3,(H,19,20);7-9H,3-6H2,1-2H3,(H,14,15);4-6,12H,1-3H3,(H,13,14);2-4H,(H,12,13);2-5H,1H3,(H,9,10). The van der Waals surface area contributed by atoms with E-state index < -0.39 is 29.8 Å². The molecule has 0 saturated carbocycles. The van der Waals surface area contributed by atoms with E-state index in [0.717, 1.165) is 17.5 Å². The normalized spacial score (nSPS) is 10.5. The summed E-state index contributed by atoms with van der Waals surface area (Å²) in [4.78, 5) is 56.8. The predicted molar refractivity (Wildman–Crippen MR) is 290 cm³/mol. The zero-order valence-corrected chi connectivity index (χ0v) is 45.0. The van der Waals surface area contributed by atoms with Crippen molar-refractivity contribution in [3.05, 3.63) is 159 Å². The Morgan fingerprint density at radius 1 is 0.623 bits per heavy atom. The number of aryl methyl sites for hydroxylation is 1. The number of hydrogen-bond acceptors (Lipinski definition) is 12. The Morgan fingerprint density at radius 2 is 1.14 bits per heavy atom. The molecule has 5 aromatic carbocycles. The van der Waals surface area contributed by atoms with Crippen molar-refractivity contribution >= 4 is 35.5 Å². The van der Waals surface area contributed by atoms with Crippen LogP contribution in [0.4, 0.5) is 5.69 Å². The average molecular weight is 1070 g/mol. The fraction of sp³-hybridized carbons (Fsp3) is 0.373. The maximum atomic E-state index is 11.1. The number of aromatic carboxylic acids is 5. The number of rotatable bonds is 23. The first-order chi connectivity index (χ1) is 36.5. The molecular formula is C59H72N2O16. The molecule has 18 nitrogen and oxygen atoms in total. The first-order valence-electron chi connectivity index (χ1n) is 24.6. The Labute approximate surface area is 450 Å². The van der Waals surface area contributed by atoms with Gasteiger partial charge in [-0.15, -0.1) is 0 Å². The molecule has 1 atom stereocenters. The molecule has 0 saturated heterocycles. The smallest absolute Gasteiger partial charge is 0.339 e. The Balaban J connectivity index is 0.000000492. The van der Waals surface area contributed by atoms with Gasteiger partial charge in [0.25, 0.3) is 0 Å². The molecule has 5 aromatic rings. The molecule has 0 heterocycles. The van der Waals surface area contributed by atoms with Gasteiger partial charge in [-0.3, -0.25) is 0 Å². The van der Waals surface area contributed by atoms with Crippen LogP contribution >= 0.6 is 0 Å². The van der Waals surface area contributed by atoms with Crippen LogP contribution in [0.3, 0.4) is 0 Å². The van der Waals surface area contributed by atoms with Gasteiger partial charge in [-0.1, -0.05) is 122 Å². The average Bonchev–Trinajstić information content (AvgIpc) is 3.39. The zero-order valence-electron chi connectivity index (χ0n) is 45.0. The van der Waals surface area contributed by atoms with Crippen LogP contribution < -0.4 is 14.2 Å². The highest BCUT2D eigenvalue weighted by atomic mass is 16.5. The van der Waals surface area contributed by atoms with Gasteiger partial charge in [0, 0.05) is 20.3 Å². The largest absolute Gasteiger partial charge is 0.507 e. The predicted octanol–water partition coefficient (Wildman–Crippen LogP) is 12.5. The molecule has 0 spiro atoms. The SMILES string of the molecule is CC(C)(C)c1ccc(C(=O)O)c(O)c1.CCCCCCCCC(C)COc1ccccc1C(=O)O.COCCOc1cc(OCCOC)cc(C(=O)O)c1.Cc1ccccc1C(=O)O.[C-]#[N+]c1ccc(C(=O)O)c(C#N)c1. The number of ether oxygens (including phenoxy) is 5. The number of carboxylic acids is 5. The van der Waals surface area contributed by atoms with Crippen molar-refractivity contribution in [3.63, 3.8) is 0 Å². The lowest BCUT2D eigenvalue weighted by molar-refractivity contribution is 0.0680. The van der Waals surface area contributed by atoms with Crippen LogP contribution in [0.5, 0.6) is 23.0 Å². The minimum atomic E-state index is -1.16. The van der Waals surface area contributed by atoms with E-state index in [-0.39, 0.29) is 44.7 Å². The summed E-state index contributed by atoms with van der Waals surface area (Å²) in [6.45, 7) is 21.0. The summed E-state index contributed by atoms with van der Waals surface area (Å²) in [5, 5.41) is 62.0. The second-order valence-corrected chi connectivity index (χ2v) is 18.1. The van der Waals surface area contributed by atoms with E-state index in [1.165, 1.54) is 81.0 Å². The zero-order chi connectivity index (χ0) is 57.9. The van der Waals surface area contributed by atoms with Crippen molar-refractivity contribution in [2.45, 2.75) is 91.9 Å². The van der Waals surface area contributed by atoms with Gasteiger partial charge in [-0.25, -0.2) is 28.8 Å². The number of unbranched alkanes of at least 4 members (excludes halogenated alkanes) is 5. The molecule has 0 radical (unpaired) electrons. The highest BCUT2D eigenvalue weighted by Crippen LogP contribution is 2.28. The van der Waals surface area contributed by atoms with Crippen LogP contribution in [0.2, 0.25) is 0 Å². The molecule has 0 aliphatic rings. The number of para-hydroxylation sites is 1. The van der Waals surface area contributed by atoms with Gasteiger partial charge in [0.15, 0.2) is 5.69 Å². The van der Waals surface area contributed by atoms with E-state index in [1.54, 1.807) is 81.8 Å². The number of nitriles is 1. The Morgan fingerprint density at radius 3 is 1.61 bits per heavy atom. The number of aromatic hydroxyl groups is 1. The van der Waals surface area contributed by atoms with Crippen molar-refractivity contribution < 1.29 is 78.3 Å². The van der Waals surface area contributed by atoms with Crippen molar-refractivity contribution in [2.24, 2.45) is 5.92 Å². The summed E-state index contributed by atoms with van der Waals surface area (Å²) in [5.41, 5.74) is 2.51.